The second kappa shape index (κ2) is 4.75. The molecule has 0 aromatic heterocycles. The number of aliphatic hydroxyl groups excluding tert-OH is 1. The quantitative estimate of drug-likeness (QED) is 0.592. The van der Waals surface area contributed by atoms with E-state index in [1.807, 2.05) is 6.92 Å². The molecule has 4 heteroatoms. The molecule has 0 aromatic carbocycles. The van der Waals surface area contributed by atoms with Crippen molar-refractivity contribution in [1.82, 2.24) is 10.6 Å². The Kier molecular flexibility index (Phi) is 3.89. The second-order valence-corrected chi connectivity index (χ2v) is 4.38. The molecule has 1 amide bonds. The Labute approximate surface area is 85.1 Å². The number of rotatable bonds is 4. The number of carbonyl (C=O) groups excluding carboxylic acids is 1. The standard InChI is InChI=1S/C10H20N2O2/c1-8(13)3-5-12-9(14)10(2)4-6-11-7-10/h8,11,13H,3-7H2,1-2H3,(H,12,14). The van der Waals surface area contributed by atoms with Gasteiger partial charge in [0.2, 0.25) is 5.91 Å². The van der Waals surface area contributed by atoms with Crippen molar-refractivity contribution in [2.24, 2.45) is 5.41 Å². The van der Waals surface area contributed by atoms with Crippen LogP contribution in [0.2, 0.25) is 0 Å². The Balaban J connectivity index is 2.27. The largest absolute Gasteiger partial charge is 0.393 e. The van der Waals surface area contributed by atoms with Gasteiger partial charge < -0.3 is 15.7 Å². The third-order valence-corrected chi connectivity index (χ3v) is 2.76. The molecule has 2 unspecified atom stereocenters. The van der Waals surface area contributed by atoms with Crippen molar-refractivity contribution >= 4 is 5.91 Å². The summed E-state index contributed by atoms with van der Waals surface area (Å²) >= 11 is 0. The molecule has 0 bridgehead atoms. The molecule has 1 aliphatic heterocycles. The average molecular weight is 200 g/mol. The van der Waals surface area contributed by atoms with Crippen LogP contribution in [0.1, 0.15) is 26.7 Å². The van der Waals surface area contributed by atoms with Crippen LogP contribution in [0.3, 0.4) is 0 Å². The first-order chi connectivity index (χ1) is 6.54. The van der Waals surface area contributed by atoms with Crippen LogP contribution in [0.15, 0.2) is 0 Å². The lowest BCUT2D eigenvalue weighted by Crippen LogP contribution is -2.41. The van der Waals surface area contributed by atoms with Gasteiger partial charge in [-0.25, -0.2) is 0 Å². The van der Waals surface area contributed by atoms with E-state index in [-0.39, 0.29) is 17.4 Å². The van der Waals surface area contributed by atoms with E-state index in [0.717, 1.165) is 19.5 Å². The molecule has 2 atom stereocenters. The number of hydrogen-bond donors (Lipinski definition) is 3. The lowest BCUT2D eigenvalue weighted by atomic mass is 9.89. The number of hydrogen-bond acceptors (Lipinski definition) is 3. The van der Waals surface area contributed by atoms with Gasteiger partial charge in [0.1, 0.15) is 0 Å². The molecule has 4 nitrogen and oxygen atoms in total. The van der Waals surface area contributed by atoms with Crippen molar-refractivity contribution in [3.8, 4) is 0 Å². The number of aliphatic hydroxyl groups is 1. The zero-order chi connectivity index (χ0) is 10.6. The van der Waals surface area contributed by atoms with Gasteiger partial charge in [0.05, 0.1) is 11.5 Å². The SMILES string of the molecule is CC(O)CCNC(=O)C1(C)CCNC1. The molecule has 3 N–H and O–H groups in total. The van der Waals surface area contributed by atoms with Gasteiger partial charge in [0.25, 0.3) is 0 Å². The Morgan fingerprint density at radius 3 is 2.93 bits per heavy atom. The summed E-state index contributed by atoms with van der Waals surface area (Å²) in [4.78, 5) is 11.7. The maximum Gasteiger partial charge on any atom is 0.227 e. The van der Waals surface area contributed by atoms with Crippen molar-refractivity contribution in [3.63, 3.8) is 0 Å². The van der Waals surface area contributed by atoms with Crippen molar-refractivity contribution in [1.29, 1.82) is 0 Å². The van der Waals surface area contributed by atoms with Crippen molar-refractivity contribution in [3.05, 3.63) is 0 Å². The van der Waals surface area contributed by atoms with E-state index in [1.165, 1.54) is 0 Å². The Morgan fingerprint density at radius 1 is 1.71 bits per heavy atom. The molecule has 1 heterocycles. The minimum Gasteiger partial charge on any atom is -0.393 e. The third kappa shape index (κ3) is 2.96. The van der Waals surface area contributed by atoms with E-state index in [4.69, 9.17) is 5.11 Å². The first-order valence-electron chi connectivity index (χ1n) is 5.22. The molecular weight excluding hydrogens is 180 g/mol. The van der Waals surface area contributed by atoms with Crippen LogP contribution in [0.25, 0.3) is 0 Å². The predicted octanol–water partition coefficient (Wildman–Crippen LogP) is -0.127. The van der Waals surface area contributed by atoms with Gasteiger partial charge in [0.15, 0.2) is 0 Å². The van der Waals surface area contributed by atoms with Crippen LogP contribution >= 0.6 is 0 Å². The predicted molar refractivity (Wildman–Crippen MR) is 54.9 cm³/mol. The molecule has 1 fully saturated rings. The van der Waals surface area contributed by atoms with Gasteiger partial charge in [-0.1, -0.05) is 0 Å². The van der Waals surface area contributed by atoms with Crippen LogP contribution in [0.4, 0.5) is 0 Å². The van der Waals surface area contributed by atoms with Gasteiger partial charge in [-0.15, -0.1) is 0 Å². The Bertz CT molecular complexity index is 198. The summed E-state index contributed by atoms with van der Waals surface area (Å²) in [7, 11) is 0. The molecule has 14 heavy (non-hydrogen) atoms. The summed E-state index contributed by atoms with van der Waals surface area (Å²) in [5.74, 6) is 0.100. The van der Waals surface area contributed by atoms with E-state index in [1.54, 1.807) is 6.92 Å². The van der Waals surface area contributed by atoms with Gasteiger partial charge >= 0.3 is 0 Å². The lowest BCUT2D eigenvalue weighted by Gasteiger charge is -2.21. The van der Waals surface area contributed by atoms with Crippen LogP contribution in [0.5, 0.6) is 0 Å². The van der Waals surface area contributed by atoms with E-state index >= 15 is 0 Å². The van der Waals surface area contributed by atoms with Gasteiger partial charge in [-0.3, -0.25) is 4.79 Å². The zero-order valence-electron chi connectivity index (χ0n) is 8.97. The second-order valence-electron chi connectivity index (χ2n) is 4.38. The van der Waals surface area contributed by atoms with Crippen molar-refractivity contribution < 1.29 is 9.90 Å². The maximum atomic E-state index is 11.7. The van der Waals surface area contributed by atoms with Crippen LogP contribution in [-0.4, -0.2) is 36.8 Å². The summed E-state index contributed by atoms with van der Waals surface area (Å²) in [6, 6.07) is 0. The van der Waals surface area contributed by atoms with Crippen LogP contribution in [0, 0.1) is 5.41 Å². The fourth-order valence-electron chi connectivity index (χ4n) is 1.62. The summed E-state index contributed by atoms with van der Waals surface area (Å²) in [5, 5.41) is 15.1. The molecule has 0 aromatic rings. The number of amides is 1. The molecular formula is C10H20N2O2. The van der Waals surface area contributed by atoms with Crippen molar-refractivity contribution in [2.45, 2.75) is 32.8 Å². The number of nitrogens with one attached hydrogen (secondary N) is 2. The van der Waals surface area contributed by atoms with Gasteiger partial charge in [-0.05, 0) is 33.2 Å². The maximum absolute atomic E-state index is 11.7. The molecule has 0 spiro atoms. The summed E-state index contributed by atoms with van der Waals surface area (Å²) < 4.78 is 0. The molecule has 1 aliphatic rings. The normalized spacial score (nSPS) is 28.8. The molecule has 1 rings (SSSR count). The first-order valence-corrected chi connectivity index (χ1v) is 5.22. The van der Waals surface area contributed by atoms with Gasteiger partial charge in [0, 0.05) is 13.1 Å². The topological polar surface area (TPSA) is 61.4 Å². The fourth-order valence-corrected chi connectivity index (χ4v) is 1.62. The van der Waals surface area contributed by atoms with Gasteiger partial charge in [-0.2, -0.15) is 0 Å². The minimum absolute atomic E-state index is 0.100. The zero-order valence-corrected chi connectivity index (χ0v) is 8.97. The Hall–Kier alpha value is -0.610. The summed E-state index contributed by atoms with van der Waals surface area (Å²) in [6.07, 6.45) is 1.17. The van der Waals surface area contributed by atoms with Crippen LogP contribution < -0.4 is 10.6 Å². The highest BCUT2D eigenvalue weighted by Crippen LogP contribution is 2.24. The van der Waals surface area contributed by atoms with E-state index in [9.17, 15) is 4.79 Å². The average Bonchev–Trinajstić information content (AvgIpc) is 2.52. The summed E-state index contributed by atoms with van der Waals surface area (Å²) in [6.45, 7) is 5.94. The minimum atomic E-state index is -0.343. The number of carbonyl (C=O) groups is 1. The van der Waals surface area contributed by atoms with Crippen molar-refractivity contribution in [2.75, 3.05) is 19.6 Å². The first kappa shape index (κ1) is 11.5. The smallest absolute Gasteiger partial charge is 0.227 e. The molecule has 1 saturated heterocycles. The third-order valence-electron chi connectivity index (χ3n) is 2.76. The molecule has 0 saturated carbocycles. The fraction of sp³-hybridized carbons (Fsp3) is 0.900. The van der Waals surface area contributed by atoms with Crippen LogP contribution in [-0.2, 0) is 4.79 Å². The Morgan fingerprint density at radius 2 is 2.43 bits per heavy atom. The lowest BCUT2D eigenvalue weighted by molar-refractivity contribution is -0.129. The highest BCUT2D eigenvalue weighted by Gasteiger charge is 2.35. The highest BCUT2D eigenvalue weighted by atomic mass is 16.3. The summed E-state index contributed by atoms with van der Waals surface area (Å²) in [5.41, 5.74) is -0.251. The van der Waals surface area contributed by atoms with E-state index in [2.05, 4.69) is 10.6 Å². The molecule has 0 aliphatic carbocycles. The van der Waals surface area contributed by atoms with E-state index in [0.29, 0.717) is 13.0 Å². The molecule has 0 radical (unpaired) electrons. The monoisotopic (exact) mass is 200 g/mol. The highest BCUT2D eigenvalue weighted by molar-refractivity contribution is 5.82. The molecule has 82 valence electrons. The van der Waals surface area contributed by atoms with E-state index < -0.39 is 0 Å².